The number of nitrogens with one attached hydrogen (secondary N) is 1. The summed E-state index contributed by atoms with van der Waals surface area (Å²) in [5.74, 6) is -0.983. The Morgan fingerprint density at radius 1 is 1.04 bits per heavy atom. The van der Waals surface area contributed by atoms with Gasteiger partial charge in [0.2, 0.25) is 5.88 Å². The zero-order valence-corrected chi connectivity index (χ0v) is 16.3. The van der Waals surface area contributed by atoms with E-state index >= 15 is 0 Å². The third kappa shape index (κ3) is 4.92. The fraction of sp³-hybridized carbons (Fsp3) is 0. The molecule has 0 unspecified atom stereocenters. The Labute approximate surface area is 170 Å². The molecule has 7 nitrogen and oxygen atoms in total. The number of aromatic carboxylic acids is 1. The maximum absolute atomic E-state index is 12.5. The van der Waals surface area contributed by atoms with E-state index in [9.17, 15) is 13.2 Å². The summed E-state index contributed by atoms with van der Waals surface area (Å²) in [5.41, 5.74) is 0.155. The Morgan fingerprint density at radius 2 is 1.75 bits per heavy atom. The molecule has 0 radical (unpaired) electrons. The van der Waals surface area contributed by atoms with Crippen LogP contribution in [-0.2, 0) is 10.0 Å². The molecule has 2 N–H and O–H groups in total. The van der Waals surface area contributed by atoms with Crippen molar-refractivity contribution in [1.29, 1.82) is 0 Å². The molecule has 3 aromatic rings. The number of benzene rings is 2. The van der Waals surface area contributed by atoms with E-state index in [4.69, 9.17) is 33.0 Å². The van der Waals surface area contributed by atoms with Crippen LogP contribution in [0.5, 0.6) is 11.6 Å². The number of nitrogens with zero attached hydrogens (tertiary/aromatic N) is 1. The average molecular weight is 439 g/mol. The fourth-order valence-corrected chi connectivity index (χ4v) is 3.60. The van der Waals surface area contributed by atoms with E-state index in [0.29, 0.717) is 5.02 Å². The first-order valence-electron chi connectivity index (χ1n) is 7.70. The summed E-state index contributed by atoms with van der Waals surface area (Å²) in [6, 6.07) is 14.2. The number of sulfonamides is 1. The second kappa shape index (κ2) is 8.05. The molecule has 0 saturated heterocycles. The van der Waals surface area contributed by atoms with Crippen molar-refractivity contribution < 1.29 is 23.1 Å². The molecular weight excluding hydrogens is 427 g/mol. The summed E-state index contributed by atoms with van der Waals surface area (Å²) in [6.45, 7) is 0. The van der Waals surface area contributed by atoms with Gasteiger partial charge in [-0.15, -0.1) is 0 Å². The lowest BCUT2D eigenvalue weighted by Crippen LogP contribution is -2.12. The number of pyridine rings is 1. The van der Waals surface area contributed by atoms with Gasteiger partial charge < -0.3 is 9.84 Å². The Kier molecular flexibility index (Phi) is 5.73. The van der Waals surface area contributed by atoms with Crippen LogP contribution in [0.4, 0.5) is 5.69 Å². The van der Waals surface area contributed by atoms with E-state index in [1.165, 1.54) is 48.5 Å². The van der Waals surface area contributed by atoms with Gasteiger partial charge in [0.15, 0.2) is 0 Å². The highest BCUT2D eigenvalue weighted by Gasteiger charge is 2.15. The van der Waals surface area contributed by atoms with Gasteiger partial charge in [-0.05, 0) is 42.5 Å². The smallest absolute Gasteiger partial charge is 0.335 e. The predicted octanol–water partition coefficient (Wildman–Crippen LogP) is 4.68. The first kappa shape index (κ1) is 19.9. The molecule has 0 aliphatic heterocycles. The van der Waals surface area contributed by atoms with Gasteiger partial charge in [0, 0.05) is 17.2 Å². The van der Waals surface area contributed by atoms with Crippen LogP contribution >= 0.6 is 23.2 Å². The number of ether oxygens (including phenoxy) is 1. The molecule has 0 bridgehead atoms. The van der Waals surface area contributed by atoms with E-state index in [1.807, 2.05) is 0 Å². The highest BCUT2D eigenvalue weighted by molar-refractivity contribution is 7.92. The number of rotatable bonds is 6. The van der Waals surface area contributed by atoms with Crippen molar-refractivity contribution in [3.05, 3.63) is 76.4 Å². The fourth-order valence-electron chi connectivity index (χ4n) is 2.22. The molecule has 28 heavy (non-hydrogen) atoms. The van der Waals surface area contributed by atoms with Gasteiger partial charge in [0.1, 0.15) is 10.9 Å². The molecular formula is C18H12Cl2N2O5S. The normalized spacial score (nSPS) is 11.1. The largest absolute Gasteiger partial charge is 0.478 e. The second-order valence-corrected chi connectivity index (χ2v) is 8.02. The maximum atomic E-state index is 12.5. The van der Waals surface area contributed by atoms with Crippen molar-refractivity contribution in [3.63, 3.8) is 0 Å². The van der Waals surface area contributed by atoms with Crippen molar-refractivity contribution >= 4 is 44.9 Å². The van der Waals surface area contributed by atoms with E-state index in [1.54, 1.807) is 12.1 Å². The van der Waals surface area contributed by atoms with Crippen LogP contribution in [0, 0.1) is 0 Å². The standard InChI is InChI=1S/C18H12Cl2N2O5S/c19-12-4-6-15(7-5-12)28(25,26)22-13-2-1-3-14(10-13)27-17-9-11(18(23)24)8-16(20)21-17/h1-10,22H,(H,23,24). The number of hydrogen-bond donors (Lipinski definition) is 2. The van der Waals surface area contributed by atoms with Crippen LogP contribution in [0.15, 0.2) is 65.6 Å². The highest BCUT2D eigenvalue weighted by Crippen LogP contribution is 2.26. The van der Waals surface area contributed by atoms with Gasteiger partial charge in [-0.3, -0.25) is 4.72 Å². The number of aromatic nitrogens is 1. The number of carbonyl (C=O) groups is 1. The Morgan fingerprint density at radius 3 is 2.43 bits per heavy atom. The van der Waals surface area contributed by atoms with E-state index < -0.39 is 16.0 Å². The molecule has 0 saturated carbocycles. The third-order valence-electron chi connectivity index (χ3n) is 3.45. The summed E-state index contributed by atoms with van der Waals surface area (Å²) in [7, 11) is -3.82. The van der Waals surface area contributed by atoms with Gasteiger partial charge >= 0.3 is 5.97 Å². The topological polar surface area (TPSA) is 106 Å². The zero-order valence-electron chi connectivity index (χ0n) is 14.0. The quantitative estimate of drug-likeness (QED) is 0.541. The predicted molar refractivity (Wildman–Crippen MR) is 105 cm³/mol. The summed E-state index contributed by atoms with van der Waals surface area (Å²) in [5, 5.41) is 9.44. The molecule has 0 atom stereocenters. The summed E-state index contributed by atoms with van der Waals surface area (Å²) >= 11 is 11.6. The third-order valence-corrected chi connectivity index (χ3v) is 5.29. The molecule has 10 heteroatoms. The number of carboxylic acid groups (broad SMARTS) is 1. The number of hydrogen-bond acceptors (Lipinski definition) is 5. The molecule has 0 spiro atoms. The molecule has 2 aromatic carbocycles. The van der Waals surface area contributed by atoms with E-state index in [-0.39, 0.29) is 32.9 Å². The van der Waals surface area contributed by atoms with Crippen molar-refractivity contribution in [1.82, 2.24) is 4.98 Å². The first-order valence-corrected chi connectivity index (χ1v) is 9.94. The number of anilines is 1. The summed E-state index contributed by atoms with van der Waals surface area (Å²) < 4.78 is 32.9. The molecule has 1 aromatic heterocycles. The van der Waals surface area contributed by atoms with Crippen molar-refractivity contribution in [2.45, 2.75) is 4.90 Å². The summed E-state index contributed by atoms with van der Waals surface area (Å²) in [6.07, 6.45) is 0. The Hall–Kier alpha value is -2.81. The highest BCUT2D eigenvalue weighted by atomic mass is 35.5. The molecule has 0 fully saturated rings. The molecule has 1 heterocycles. The lowest BCUT2D eigenvalue weighted by atomic mass is 10.2. The first-order chi connectivity index (χ1) is 13.2. The van der Waals surface area contributed by atoms with Gasteiger partial charge in [-0.1, -0.05) is 29.3 Å². The van der Waals surface area contributed by atoms with Crippen molar-refractivity contribution in [2.24, 2.45) is 0 Å². The maximum Gasteiger partial charge on any atom is 0.335 e. The van der Waals surface area contributed by atoms with Crippen molar-refractivity contribution in [3.8, 4) is 11.6 Å². The zero-order chi connectivity index (χ0) is 20.3. The number of carboxylic acids is 1. The van der Waals surface area contributed by atoms with Gasteiger partial charge in [-0.25, -0.2) is 18.2 Å². The minimum atomic E-state index is -3.82. The van der Waals surface area contributed by atoms with Crippen LogP contribution in [0.3, 0.4) is 0 Å². The van der Waals surface area contributed by atoms with Gasteiger partial charge in [-0.2, -0.15) is 0 Å². The van der Waals surface area contributed by atoms with Crippen LogP contribution in [-0.4, -0.2) is 24.5 Å². The Balaban J connectivity index is 1.83. The molecule has 0 aliphatic carbocycles. The lowest BCUT2D eigenvalue weighted by Gasteiger charge is -2.10. The Bertz CT molecular complexity index is 1130. The van der Waals surface area contributed by atoms with Crippen LogP contribution in [0.2, 0.25) is 10.2 Å². The molecule has 0 aliphatic rings. The summed E-state index contributed by atoms with van der Waals surface area (Å²) in [4.78, 5) is 15.0. The molecule has 3 rings (SSSR count). The van der Waals surface area contributed by atoms with Gasteiger partial charge in [0.25, 0.3) is 10.0 Å². The molecule has 144 valence electrons. The van der Waals surface area contributed by atoms with Crippen LogP contribution < -0.4 is 9.46 Å². The van der Waals surface area contributed by atoms with Crippen molar-refractivity contribution in [2.75, 3.05) is 4.72 Å². The van der Waals surface area contributed by atoms with E-state index in [0.717, 1.165) is 0 Å². The van der Waals surface area contributed by atoms with Crippen LogP contribution in [0.25, 0.3) is 0 Å². The number of halogens is 2. The van der Waals surface area contributed by atoms with Gasteiger partial charge in [0.05, 0.1) is 16.1 Å². The monoisotopic (exact) mass is 438 g/mol. The van der Waals surface area contributed by atoms with Crippen LogP contribution in [0.1, 0.15) is 10.4 Å². The SMILES string of the molecule is O=C(O)c1cc(Cl)nc(Oc2cccc(NS(=O)(=O)c3ccc(Cl)cc3)c2)c1. The second-order valence-electron chi connectivity index (χ2n) is 5.51. The molecule has 0 amide bonds. The minimum Gasteiger partial charge on any atom is -0.478 e. The van der Waals surface area contributed by atoms with E-state index in [2.05, 4.69) is 9.71 Å². The minimum absolute atomic E-state index is 0.0393. The average Bonchev–Trinajstić information content (AvgIpc) is 2.61. The lowest BCUT2D eigenvalue weighted by molar-refractivity contribution is 0.0696.